The fourth-order valence-corrected chi connectivity index (χ4v) is 10.1. The number of pyridine rings is 1. The second kappa shape index (κ2) is 21.3. The topological polar surface area (TPSA) is 148 Å². The van der Waals surface area contributed by atoms with Crippen LogP contribution in [-0.2, 0) is 52.8 Å². The molecule has 4 aliphatic heterocycles. The molecule has 0 aliphatic carbocycles. The summed E-state index contributed by atoms with van der Waals surface area (Å²) < 4.78 is 19.3. The molecule has 2 amide bonds. The number of aldehydes is 1. The molecule has 0 saturated carbocycles. The first-order valence-corrected chi connectivity index (χ1v) is 23.8. The third kappa shape index (κ3) is 10.9. The van der Waals surface area contributed by atoms with E-state index in [2.05, 4.69) is 77.4 Å². The highest BCUT2D eigenvalue weighted by Gasteiger charge is 2.37. The van der Waals surface area contributed by atoms with Gasteiger partial charge in [-0.1, -0.05) is 58.0 Å². The van der Waals surface area contributed by atoms with E-state index in [1.54, 1.807) is 7.11 Å². The third-order valence-corrected chi connectivity index (χ3v) is 13.7. The number of hydrogen-bond acceptors (Lipinski definition) is 11. The first-order chi connectivity index (χ1) is 31.6. The molecule has 6 heterocycles. The van der Waals surface area contributed by atoms with E-state index in [0.717, 1.165) is 95.7 Å². The molecule has 14 nitrogen and oxygen atoms in total. The number of cyclic esters (lactones) is 1. The maximum Gasteiger partial charge on any atom is 0.324 e. The van der Waals surface area contributed by atoms with Crippen LogP contribution in [0, 0.1) is 17.3 Å². The number of rotatable bonds is 10. The van der Waals surface area contributed by atoms with Gasteiger partial charge < -0.3 is 28.9 Å². The lowest BCUT2D eigenvalue weighted by Gasteiger charge is -2.36. The van der Waals surface area contributed by atoms with Gasteiger partial charge in [-0.25, -0.2) is 5.43 Å². The number of hydrazine groups is 1. The Kier molecular flexibility index (Phi) is 15.8. The number of hydrogen-bond donors (Lipinski definition) is 2. The molecule has 0 radical (unpaired) electrons. The lowest BCUT2D eigenvalue weighted by Crippen LogP contribution is -2.61. The number of carbonyl (C=O) groups excluding carboxylic acids is 4. The number of methoxy groups -OCH3 is 1. The molecule has 2 aromatic heterocycles. The average molecular weight is 906 g/mol. The number of esters is 1. The fourth-order valence-electron chi connectivity index (χ4n) is 10.1. The van der Waals surface area contributed by atoms with Crippen molar-refractivity contribution in [3.63, 3.8) is 0 Å². The Bertz CT molecular complexity index is 2350. The fraction of sp³-hybridized carbons (Fsp3) is 0.558. The number of likely N-dealkylation sites (N-methyl/N-ethyl adjacent to an activating group) is 1. The van der Waals surface area contributed by atoms with Gasteiger partial charge in [0.05, 0.1) is 49.4 Å². The lowest BCUT2D eigenvalue weighted by atomic mass is 9.84. The van der Waals surface area contributed by atoms with Gasteiger partial charge in [0.15, 0.2) is 0 Å². The Labute approximate surface area is 390 Å². The summed E-state index contributed by atoms with van der Waals surface area (Å²) in [5.74, 6) is -0.570. The van der Waals surface area contributed by atoms with Crippen molar-refractivity contribution in [1.29, 1.82) is 0 Å². The van der Waals surface area contributed by atoms with Crippen LogP contribution in [0.25, 0.3) is 33.3 Å². The van der Waals surface area contributed by atoms with Gasteiger partial charge in [0, 0.05) is 67.2 Å². The van der Waals surface area contributed by atoms with Crippen LogP contribution in [0.3, 0.4) is 0 Å². The minimum Gasteiger partial charge on any atom is -0.464 e. The highest BCUT2D eigenvalue weighted by molar-refractivity contribution is 5.95. The van der Waals surface area contributed by atoms with E-state index in [1.807, 2.05) is 64.2 Å². The van der Waals surface area contributed by atoms with E-state index in [4.69, 9.17) is 19.2 Å². The Balaban J connectivity index is 0.000000511. The molecular formula is C52H71N7O7. The minimum atomic E-state index is -0.859. The standard InChI is InChI=1S/C44H58N6O5.C8H13NO2/c1-10-49-37-19-18-31-24-33(37)34(40(49)32-16-12-20-45-38(32)28(4)54-9)25-44(5,6)26-55-43(53)35-17-13-21-50(47-35)42(52)36(23-29-14-11-15-30(31)22-29)46-41(51)39(27(2)3)48(7)8;10-4-7-1-2-9(3-7)8-5-11-6-8/h11-12,14-16,18-20,22,24,27-28,35-36,39,47H,10,13,17,21,23,25-26H2,1-9H3,(H,46,51);4,7-8H,1-3,5-6H2/t28?,35-,36?,39?;/m0./s1. The number of nitrogens with one attached hydrogen (secondary N) is 2. The van der Waals surface area contributed by atoms with Crippen molar-refractivity contribution < 1.29 is 33.4 Å². The Hall–Kier alpha value is -4.99. The molecule has 0 spiro atoms. The number of likely N-dealkylation sites (tertiary alicyclic amines) is 1. The van der Waals surface area contributed by atoms with Crippen LogP contribution in [0.15, 0.2) is 60.8 Å². The molecule has 14 heteroatoms. The van der Waals surface area contributed by atoms with E-state index < -0.39 is 29.5 Å². The zero-order chi connectivity index (χ0) is 47.3. The van der Waals surface area contributed by atoms with Crippen LogP contribution in [0.1, 0.15) is 83.7 Å². The maximum atomic E-state index is 14.3. The molecular weight excluding hydrogens is 835 g/mol. The normalized spacial score (nSPS) is 22.5. The summed E-state index contributed by atoms with van der Waals surface area (Å²) in [5, 5.41) is 5.73. The molecule has 3 fully saturated rings. The van der Waals surface area contributed by atoms with E-state index in [0.29, 0.717) is 31.8 Å². The summed E-state index contributed by atoms with van der Waals surface area (Å²) in [6, 6.07) is 17.6. The molecule has 3 saturated heterocycles. The molecule has 8 rings (SSSR count). The monoisotopic (exact) mass is 906 g/mol. The van der Waals surface area contributed by atoms with Crippen molar-refractivity contribution in [2.75, 3.05) is 60.7 Å². The number of benzene rings is 2. The predicted octanol–water partition coefficient (Wildman–Crippen LogP) is 6.24. The summed E-state index contributed by atoms with van der Waals surface area (Å²) in [6.07, 6.45) is 5.79. The van der Waals surface area contributed by atoms with Gasteiger partial charge in [0.25, 0.3) is 5.91 Å². The Morgan fingerprint density at radius 2 is 1.82 bits per heavy atom. The second-order valence-corrected chi connectivity index (χ2v) is 19.9. The maximum absolute atomic E-state index is 14.3. The van der Waals surface area contributed by atoms with Crippen LogP contribution >= 0.6 is 0 Å². The van der Waals surface area contributed by atoms with E-state index in [9.17, 15) is 19.2 Å². The first-order valence-electron chi connectivity index (χ1n) is 23.8. The van der Waals surface area contributed by atoms with Crippen LogP contribution in [0.2, 0.25) is 0 Å². The molecule has 2 aromatic carbocycles. The van der Waals surface area contributed by atoms with Crippen LogP contribution < -0.4 is 10.7 Å². The van der Waals surface area contributed by atoms with Gasteiger partial charge in [-0.15, -0.1) is 0 Å². The quantitative estimate of drug-likeness (QED) is 0.138. The SMILES string of the molecule is CCn1c(-c2cccnc2C(C)OC)c2c3cc(ccc31)-c1cccc(c1)CC(NC(=O)C(C(C)C)N(C)C)C(=O)N1CCC[C@H](N1)C(=O)OCC(C)(C)C2.O=CC1CCN(C2COC2)C1. The van der Waals surface area contributed by atoms with Gasteiger partial charge in [0.1, 0.15) is 18.4 Å². The highest BCUT2D eigenvalue weighted by atomic mass is 16.5. The first kappa shape index (κ1) is 48.9. The van der Waals surface area contributed by atoms with E-state index in [1.165, 1.54) is 5.01 Å². The van der Waals surface area contributed by atoms with Gasteiger partial charge in [0.2, 0.25) is 5.91 Å². The third-order valence-electron chi connectivity index (χ3n) is 13.7. The summed E-state index contributed by atoms with van der Waals surface area (Å²) in [7, 11) is 5.45. The molecule has 4 aliphatic rings. The number of aryl methyl sites for hydroxylation is 1. The van der Waals surface area contributed by atoms with E-state index in [-0.39, 0.29) is 42.8 Å². The molecule has 4 aromatic rings. The van der Waals surface area contributed by atoms with Crippen molar-refractivity contribution in [2.24, 2.45) is 17.3 Å². The average Bonchev–Trinajstić information content (AvgIpc) is 3.88. The number of carbonyl (C=O) groups is 4. The summed E-state index contributed by atoms with van der Waals surface area (Å²) in [6.45, 7) is 17.5. The molecule has 66 heavy (non-hydrogen) atoms. The number of amides is 2. The van der Waals surface area contributed by atoms with E-state index >= 15 is 0 Å². The van der Waals surface area contributed by atoms with Crippen LogP contribution in [-0.4, -0.2) is 133 Å². The van der Waals surface area contributed by atoms with Crippen molar-refractivity contribution in [1.82, 2.24) is 35.1 Å². The summed E-state index contributed by atoms with van der Waals surface area (Å²) >= 11 is 0. The van der Waals surface area contributed by atoms with Crippen molar-refractivity contribution >= 4 is 35.0 Å². The zero-order valence-electron chi connectivity index (χ0n) is 40.5. The van der Waals surface area contributed by atoms with Crippen molar-refractivity contribution in [3.8, 4) is 22.4 Å². The van der Waals surface area contributed by atoms with Gasteiger partial charge in [-0.2, -0.15) is 0 Å². The zero-order valence-corrected chi connectivity index (χ0v) is 40.5. The number of ether oxygens (including phenoxy) is 3. The summed E-state index contributed by atoms with van der Waals surface area (Å²) in [5.41, 5.74) is 10.9. The van der Waals surface area contributed by atoms with Crippen LogP contribution in [0.5, 0.6) is 0 Å². The van der Waals surface area contributed by atoms with Crippen molar-refractivity contribution in [2.45, 2.75) is 110 Å². The lowest BCUT2D eigenvalue weighted by molar-refractivity contribution is -0.155. The minimum absolute atomic E-state index is 0.0279. The highest BCUT2D eigenvalue weighted by Crippen LogP contribution is 2.42. The molecule has 5 atom stereocenters. The largest absolute Gasteiger partial charge is 0.464 e. The predicted molar refractivity (Wildman–Crippen MR) is 256 cm³/mol. The molecule has 2 N–H and O–H groups in total. The number of aromatic nitrogens is 2. The number of fused-ring (bicyclic) bond motifs is 6. The summed E-state index contributed by atoms with van der Waals surface area (Å²) in [4.78, 5) is 61.3. The van der Waals surface area contributed by atoms with Gasteiger partial charge in [-0.3, -0.25) is 34.2 Å². The molecule has 6 bridgehead atoms. The van der Waals surface area contributed by atoms with Gasteiger partial charge in [-0.05, 0) is 113 Å². The van der Waals surface area contributed by atoms with Crippen LogP contribution in [0.4, 0.5) is 0 Å². The Morgan fingerprint density at radius 3 is 2.48 bits per heavy atom. The number of nitrogens with zero attached hydrogens (tertiary/aromatic N) is 5. The smallest absolute Gasteiger partial charge is 0.324 e. The molecule has 356 valence electrons. The van der Waals surface area contributed by atoms with Gasteiger partial charge >= 0.3 is 5.97 Å². The second-order valence-electron chi connectivity index (χ2n) is 19.9. The van der Waals surface area contributed by atoms with Crippen molar-refractivity contribution in [3.05, 3.63) is 77.6 Å². The Morgan fingerprint density at radius 1 is 1.05 bits per heavy atom. The molecule has 4 unspecified atom stereocenters.